The molecule has 4 N–H and O–H groups in total. The molecule has 0 bridgehead atoms. The van der Waals surface area contributed by atoms with Gasteiger partial charge >= 0.3 is 0 Å². The largest absolute Gasteiger partial charge is 0.390 e. The Bertz CT molecular complexity index is 1370. The first-order valence-electron chi connectivity index (χ1n) is 11.8. The Morgan fingerprint density at radius 1 is 1.31 bits per heavy atom. The number of carbonyl (C=O) groups excluding carboxylic acids is 1. The monoisotopic (exact) mass is 512 g/mol. The zero-order valence-corrected chi connectivity index (χ0v) is 20.6. The van der Waals surface area contributed by atoms with Crippen molar-refractivity contribution in [3.05, 3.63) is 33.5 Å². The quantitative estimate of drug-likeness (QED) is 0.385. The van der Waals surface area contributed by atoms with Crippen LogP contribution in [0.15, 0.2) is 18.5 Å². The highest BCUT2D eigenvalue weighted by molar-refractivity contribution is 7.16. The summed E-state index contributed by atoms with van der Waals surface area (Å²) in [6.45, 7) is 0.380. The molecular weight excluding hydrogens is 488 g/mol. The first-order chi connectivity index (χ1) is 16.9. The molecule has 9 nitrogen and oxygen atoms in total. The lowest BCUT2D eigenvalue weighted by Crippen LogP contribution is -2.41. The van der Waals surface area contributed by atoms with E-state index < -0.39 is 17.6 Å². The number of thiophene rings is 1. The third-order valence-corrected chi connectivity index (χ3v) is 8.85. The number of hydrogen-bond donors (Lipinski definition) is 4. The van der Waals surface area contributed by atoms with E-state index in [1.807, 2.05) is 10.6 Å². The molecule has 0 saturated heterocycles. The van der Waals surface area contributed by atoms with Crippen molar-refractivity contribution in [3.8, 4) is 11.8 Å². The van der Waals surface area contributed by atoms with Crippen LogP contribution in [0.5, 0.6) is 0 Å². The van der Waals surface area contributed by atoms with E-state index in [-0.39, 0.29) is 17.7 Å². The summed E-state index contributed by atoms with van der Waals surface area (Å²) in [4.78, 5) is 27.2. The normalized spacial score (nSPS) is 29.3. The molecule has 3 aliphatic carbocycles. The van der Waals surface area contributed by atoms with Gasteiger partial charge in [0.15, 0.2) is 17.0 Å². The fraction of sp³-hybridized carbons (Fsp3) is 0.500. The second-order valence-electron chi connectivity index (χ2n) is 9.62. The summed E-state index contributed by atoms with van der Waals surface area (Å²) in [6.07, 6.45) is 3.50. The van der Waals surface area contributed by atoms with E-state index in [9.17, 15) is 15.0 Å². The van der Waals surface area contributed by atoms with E-state index in [2.05, 4.69) is 37.4 Å². The molecule has 0 spiro atoms. The average molecular weight is 513 g/mol. The number of carbonyl (C=O) groups is 1. The van der Waals surface area contributed by atoms with E-state index in [0.717, 1.165) is 17.7 Å². The zero-order chi connectivity index (χ0) is 24.3. The molecule has 3 saturated carbocycles. The number of aromatic nitrogens is 4. The maximum Gasteiger partial charge on any atom is 0.228 e. The molecule has 3 heterocycles. The van der Waals surface area contributed by atoms with Gasteiger partial charge in [0.25, 0.3) is 0 Å². The van der Waals surface area contributed by atoms with Crippen molar-refractivity contribution in [2.75, 3.05) is 12.4 Å². The van der Waals surface area contributed by atoms with Gasteiger partial charge < -0.3 is 25.4 Å². The van der Waals surface area contributed by atoms with Gasteiger partial charge in [0.1, 0.15) is 0 Å². The average Bonchev–Trinajstić information content (AvgIpc) is 3.11. The molecule has 1 amide bonds. The summed E-state index contributed by atoms with van der Waals surface area (Å²) >= 11 is 7.41. The Morgan fingerprint density at radius 2 is 2.14 bits per heavy atom. The second-order valence-corrected chi connectivity index (χ2v) is 11.3. The minimum Gasteiger partial charge on any atom is -0.390 e. The van der Waals surface area contributed by atoms with Crippen LogP contribution in [-0.4, -0.2) is 60.9 Å². The van der Waals surface area contributed by atoms with E-state index in [1.54, 1.807) is 19.4 Å². The maximum absolute atomic E-state index is 12.5. The van der Waals surface area contributed by atoms with Crippen molar-refractivity contribution >= 4 is 45.8 Å². The molecule has 2 unspecified atom stereocenters. The second kappa shape index (κ2) is 8.45. The Kier molecular flexibility index (Phi) is 5.49. The van der Waals surface area contributed by atoms with Crippen LogP contribution in [0.1, 0.15) is 36.4 Å². The number of anilines is 1. The number of amides is 1. The van der Waals surface area contributed by atoms with Gasteiger partial charge in [0, 0.05) is 25.6 Å². The number of halogens is 1. The summed E-state index contributed by atoms with van der Waals surface area (Å²) in [5, 5.41) is 27.6. The number of fused-ring (bicyclic) bond motifs is 2. The van der Waals surface area contributed by atoms with Crippen LogP contribution in [0.2, 0.25) is 4.34 Å². The van der Waals surface area contributed by atoms with Gasteiger partial charge in [-0.05, 0) is 55.6 Å². The number of nitrogens with one attached hydrogen (secondary N) is 2. The van der Waals surface area contributed by atoms with Crippen molar-refractivity contribution < 1.29 is 15.0 Å². The van der Waals surface area contributed by atoms with E-state index in [0.29, 0.717) is 46.1 Å². The highest BCUT2D eigenvalue weighted by Gasteiger charge is 2.74. The van der Waals surface area contributed by atoms with Gasteiger partial charge in [-0.3, -0.25) is 4.79 Å². The molecular formula is C24H25ClN6O3S. The van der Waals surface area contributed by atoms with Crippen molar-refractivity contribution in [1.29, 1.82) is 0 Å². The maximum atomic E-state index is 12.5. The van der Waals surface area contributed by atoms with E-state index in [4.69, 9.17) is 11.6 Å². The lowest BCUT2D eigenvalue weighted by molar-refractivity contribution is -0.132. The van der Waals surface area contributed by atoms with Crippen LogP contribution in [0.4, 0.5) is 5.82 Å². The SMILES string of the molecule is CNC(=O)C12CC1[C@@H](Cn1cnc3c(NC4CCC4)nc(C#Cc4ccc(Cl)s4)nc31)[C@H](O)[C@@H]2O. The Morgan fingerprint density at radius 3 is 2.83 bits per heavy atom. The Hall–Kier alpha value is -2.71. The molecule has 182 valence electrons. The lowest BCUT2D eigenvalue weighted by Gasteiger charge is -2.27. The number of hydrogen-bond acceptors (Lipinski definition) is 8. The molecule has 3 aromatic rings. The van der Waals surface area contributed by atoms with Gasteiger partial charge in [0.05, 0.1) is 33.2 Å². The molecule has 11 heteroatoms. The minimum atomic E-state index is -1.09. The van der Waals surface area contributed by atoms with Gasteiger partial charge in [-0.2, -0.15) is 0 Å². The first-order valence-corrected chi connectivity index (χ1v) is 12.9. The van der Waals surface area contributed by atoms with Crippen molar-refractivity contribution in [2.45, 2.75) is 50.5 Å². The van der Waals surface area contributed by atoms with E-state index >= 15 is 0 Å². The predicted molar refractivity (Wildman–Crippen MR) is 132 cm³/mol. The molecule has 3 fully saturated rings. The minimum absolute atomic E-state index is 0.0952. The van der Waals surface area contributed by atoms with Gasteiger partial charge in [0.2, 0.25) is 11.7 Å². The van der Waals surface area contributed by atoms with Gasteiger partial charge in [-0.1, -0.05) is 11.6 Å². The molecule has 0 aromatic carbocycles. The third-order valence-electron chi connectivity index (χ3n) is 7.70. The zero-order valence-electron chi connectivity index (χ0n) is 19.0. The fourth-order valence-electron chi connectivity index (χ4n) is 5.53. The van der Waals surface area contributed by atoms with Gasteiger partial charge in [-0.15, -0.1) is 11.3 Å². The Balaban J connectivity index is 1.35. The van der Waals surface area contributed by atoms with Crippen LogP contribution in [0.3, 0.4) is 0 Å². The van der Waals surface area contributed by atoms with Crippen LogP contribution in [0.25, 0.3) is 11.2 Å². The third kappa shape index (κ3) is 3.69. The van der Waals surface area contributed by atoms with Crippen LogP contribution < -0.4 is 10.6 Å². The van der Waals surface area contributed by atoms with E-state index in [1.165, 1.54) is 17.8 Å². The standard InChI is InChI=1S/C24H25ClN6O3S/c1-26-23(34)24-9-15(24)14(19(32)20(24)33)10-31-11-27-18-21(28-12-3-2-4-12)29-17(30-22(18)31)8-6-13-5-7-16(25)35-13/h5,7,11-12,14-15,19-20,32-33H,2-4,9-10H2,1H3,(H,26,34)(H,28,29,30)/t14-,15?,19+,20+,24?/m1/s1. The summed E-state index contributed by atoms with van der Waals surface area (Å²) in [5.41, 5.74) is 0.345. The summed E-state index contributed by atoms with van der Waals surface area (Å²) in [6, 6.07) is 4.01. The first kappa shape index (κ1) is 22.7. The van der Waals surface area contributed by atoms with Gasteiger partial charge in [-0.25, -0.2) is 15.0 Å². The molecule has 3 aliphatic rings. The molecule has 3 aromatic heterocycles. The van der Waals surface area contributed by atoms with Crippen molar-refractivity contribution in [1.82, 2.24) is 24.8 Å². The topological polar surface area (TPSA) is 125 Å². The highest BCUT2D eigenvalue weighted by Crippen LogP contribution is 2.66. The van der Waals surface area contributed by atoms with Crippen LogP contribution in [-0.2, 0) is 11.3 Å². The number of rotatable bonds is 5. The molecule has 5 atom stereocenters. The predicted octanol–water partition coefficient (Wildman–Crippen LogP) is 2.01. The summed E-state index contributed by atoms with van der Waals surface area (Å²) in [5.74, 6) is 6.53. The number of aliphatic hydroxyl groups excluding tert-OH is 2. The van der Waals surface area contributed by atoms with Crippen LogP contribution in [0, 0.1) is 29.1 Å². The Labute approximate surface area is 210 Å². The van der Waals surface area contributed by atoms with Crippen molar-refractivity contribution in [2.24, 2.45) is 17.3 Å². The number of imidazole rings is 1. The molecule has 0 radical (unpaired) electrons. The fourth-order valence-corrected chi connectivity index (χ4v) is 6.42. The lowest BCUT2D eigenvalue weighted by atomic mass is 9.93. The summed E-state index contributed by atoms with van der Waals surface area (Å²) in [7, 11) is 1.56. The molecule has 6 rings (SSSR count). The smallest absolute Gasteiger partial charge is 0.228 e. The van der Waals surface area contributed by atoms with Crippen LogP contribution >= 0.6 is 22.9 Å². The molecule has 35 heavy (non-hydrogen) atoms. The molecule has 0 aliphatic heterocycles. The highest BCUT2D eigenvalue weighted by atomic mass is 35.5. The number of nitrogens with zero attached hydrogens (tertiary/aromatic N) is 4. The summed E-state index contributed by atoms with van der Waals surface area (Å²) < 4.78 is 2.54. The van der Waals surface area contributed by atoms with Crippen molar-refractivity contribution in [3.63, 3.8) is 0 Å². The number of aliphatic hydroxyl groups is 2.